The zero-order valence-electron chi connectivity index (χ0n) is 23.1. The molecule has 212 valence electrons. The molecule has 0 radical (unpaired) electrons. The molecule has 3 heterocycles. The highest BCUT2D eigenvalue weighted by Gasteiger charge is 2.48. The molecule has 1 saturated heterocycles. The second-order valence-corrected chi connectivity index (χ2v) is 13.5. The third-order valence-corrected chi connectivity index (χ3v) is 11.1. The van der Waals surface area contributed by atoms with Crippen LogP contribution in [0.3, 0.4) is 0 Å². The van der Waals surface area contributed by atoms with Crippen LogP contribution in [0.15, 0.2) is 35.4 Å². The van der Waals surface area contributed by atoms with Crippen LogP contribution in [0.1, 0.15) is 55.9 Å². The van der Waals surface area contributed by atoms with Gasteiger partial charge in [0, 0.05) is 52.1 Å². The maximum atomic E-state index is 16.9. The first-order chi connectivity index (χ1) is 19.9. The molecule has 2 aromatic heterocycles. The fourth-order valence-corrected chi connectivity index (χ4v) is 8.47. The lowest BCUT2D eigenvalue weighted by molar-refractivity contribution is 0.102. The van der Waals surface area contributed by atoms with Crippen LogP contribution in [0.4, 0.5) is 4.39 Å². The van der Waals surface area contributed by atoms with Gasteiger partial charge in [0.2, 0.25) is 0 Å². The van der Waals surface area contributed by atoms with E-state index < -0.39 is 5.82 Å². The van der Waals surface area contributed by atoms with Crippen molar-refractivity contribution in [3.05, 3.63) is 57.5 Å². The summed E-state index contributed by atoms with van der Waals surface area (Å²) in [5.74, 6) is 1.14. The fourth-order valence-electron chi connectivity index (χ4n) is 7.52. The SMILES string of the molecule is CSc1nc2c(F)c(-c3cccc(Cl)c3Cl)c(CCC#N)cc2c2c1cc([C@H]1C[C@H]3C[C@H]3N1)n2[C@H]1[C@@H](CN)C[C@@H]1C. The van der Waals surface area contributed by atoms with Crippen LogP contribution in [0.5, 0.6) is 0 Å². The van der Waals surface area contributed by atoms with E-state index in [2.05, 4.69) is 28.9 Å². The molecule has 1 aliphatic heterocycles. The van der Waals surface area contributed by atoms with Gasteiger partial charge in [-0.1, -0.05) is 42.3 Å². The molecule has 3 N–H and O–H groups in total. The van der Waals surface area contributed by atoms with E-state index in [9.17, 15) is 5.26 Å². The smallest absolute Gasteiger partial charge is 0.157 e. The highest BCUT2D eigenvalue weighted by molar-refractivity contribution is 7.98. The van der Waals surface area contributed by atoms with Crippen molar-refractivity contribution < 1.29 is 4.39 Å². The van der Waals surface area contributed by atoms with Crippen molar-refractivity contribution in [1.29, 1.82) is 5.26 Å². The number of nitriles is 1. The lowest BCUT2D eigenvalue weighted by atomic mass is 9.70. The van der Waals surface area contributed by atoms with E-state index in [0.29, 0.717) is 57.5 Å². The van der Waals surface area contributed by atoms with E-state index in [1.807, 2.05) is 12.3 Å². The third kappa shape index (κ3) is 4.29. The number of benzene rings is 2. The molecule has 7 rings (SSSR count). The summed E-state index contributed by atoms with van der Waals surface area (Å²) >= 11 is 14.5. The quantitative estimate of drug-likeness (QED) is 0.208. The van der Waals surface area contributed by atoms with Crippen molar-refractivity contribution in [1.82, 2.24) is 14.9 Å². The Bertz CT molecular complexity index is 1740. The predicted octanol–water partition coefficient (Wildman–Crippen LogP) is 8.06. The molecule has 2 saturated carbocycles. The summed E-state index contributed by atoms with van der Waals surface area (Å²) in [4.78, 5) is 4.94. The minimum Gasteiger partial charge on any atom is -0.339 e. The second-order valence-electron chi connectivity index (χ2n) is 12.0. The Hall–Kier alpha value is -2.34. The minimum absolute atomic E-state index is 0.235. The maximum absolute atomic E-state index is 16.9. The number of nitrogens with zero attached hydrogens (tertiary/aromatic N) is 3. The zero-order chi connectivity index (χ0) is 28.6. The van der Waals surface area contributed by atoms with Crippen LogP contribution in [0.2, 0.25) is 10.0 Å². The molecule has 3 aliphatic rings. The Balaban J connectivity index is 1.56. The van der Waals surface area contributed by atoms with Gasteiger partial charge < -0.3 is 15.6 Å². The summed E-state index contributed by atoms with van der Waals surface area (Å²) in [5, 5.41) is 16.6. The van der Waals surface area contributed by atoms with Crippen molar-refractivity contribution in [3.8, 4) is 17.2 Å². The van der Waals surface area contributed by atoms with E-state index >= 15 is 4.39 Å². The first-order valence-corrected chi connectivity index (χ1v) is 16.4. The van der Waals surface area contributed by atoms with Gasteiger partial charge in [-0.15, -0.1) is 11.8 Å². The average Bonchev–Trinajstić information content (AvgIpc) is 3.38. The van der Waals surface area contributed by atoms with Gasteiger partial charge in [-0.3, -0.25) is 0 Å². The summed E-state index contributed by atoms with van der Waals surface area (Å²) in [6.07, 6.45) is 6.10. The van der Waals surface area contributed by atoms with Gasteiger partial charge in [-0.05, 0) is 80.0 Å². The Labute approximate surface area is 253 Å². The van der Waals surface area contributed by atoms with Crippen LogP contribution in [0.25, 0.3) is 32.9 Å². The summed E-state index contributed by atoms with van der Waals surface area (Å²) < 4.78 is 19.4. The Morgan fingerprint density at radius 3 is 2.73 bits per heavy atom. The van der Waals surface area contributed by atoms with Gasteiger partial charge in [0.25, 0.3) is 0 Å². The Morgan fingerprint density at radius 1 is 1.22 bits per heavy atom. The number of nitrogens with one attached hydrogen (secondary N) is 1. The van der Waals surface area contributed by atoms with Crippen LogP contribution in [-0.4, -0.2) is 28.4 Å². The van der Waals surface area contributed by atoms with Crippen LogP contribution < -0.4 is 11.1 Å². The maximum Gasteiger partial charge on any atom is 0.157 e. The largest absolute Gasteiger partial charge is 0.339 e. The minimum atomic E-state index is -0.427. The lowest BCUT2D eigenvalue weighted by Gasteiger charge is -2.45. The van der Waals surface area contributed by atoms with E-state index in [4.69, 9.17) is 33.9 Å². The topological polar surface area (TPSA) is 79.7 Å². The van der Waals surface area contributed by atoms with Gasteiger partial charge in [0.1, 0.15) is 10.5 Å². The normalized spacial score (nSPS) is 26.8. The van der Waals surface area contributed by atoms with E-state index in [1.165, 1.54) is 23.9 Å². The molecular formula is C32H32Cl2FN5S. The predicted molar refractivity (Wildman–Crippen MR) is 166 cm³/mol. The first kappa shape index (κ1) is 27.5. The standard InChI is InChI=1S/C32H32Cl2FN5S/c1-15-9-18(14-37)30(15)40-25(24-12-17-11-23(17)38-24)13-21-31(40)20-10-16(5-4-8-36)26(19-6-3-7-22(33)27(19)34)28(35)29(20)39-32(21)41-2/h3,6-7,10,13,15,17-18,23-24,30,38H,4-5,9,11-12,14,37H2,1-2H3/t15-,17+,18+,23+,24+,30+/m0/s1. The number of rotatable bonds is 7. The number of hydrogen-bond donors (Lipinski definition) is 2. The molecule has 0 spiro atoms. The monoisotopic (exact) mass is 607 g/mol. The number of aromatic nitrogens is 2. The van der Waals surface area contributed by atoms with Gasteiger partial charge in [-0.2, -0.15) is 5.26 Å². The van der Waals surface area contributed by atoms with Gasteiger partial charge in [0.05, 0.1) is 21.6 Å². The van der Waals surface area contributed by atoms with Gasteiger partial charge in [0.15, 0.2) is 5.82 Å². The number of piperidine rings is 1. The molecule has 0 amide bonds. The van der Waals surface area contributed by atoms with Crippen molar-refractivity contribution in [2.75, 3.05) is 12.8 Å². The molecule has 2 aliphatic carbocycles. The molecule has 9 heteroatoms. The molecular weight excluding hydrogens is 576 g/mol. The molecule has 3 fully saturated rings. The van der Waals surface area contributed by atoms with Crippen LogP contribution in [0, 0.1) is 34.9 Å². The molecule has 6 atom stereocenters. The van der Waals surface area contributed by atoms with E-state index in [0.717, 1.165) is 45.6 Å². The summed E-state index contributed by atoms with van der Waals surface area (Å²) in [6.45, 7) is 2.91. The van der Waals surface area contributed by atoms with Crippen molar-refractivity contribution in [2.45, 2.75) is 62.2 Å². The Morgan fingerprint density at radius 2 is 2.05 bits per heavy atom. The number of fused-ring (bicyclic) bond motifs is 4. The van der Waals surface area contributed by atoms with Crippen molar-refractivity contribution in [2.24, 2.45) is 23.5 Å². The molecule has 2 aromatic carbocycles. The number of halogens is 3. The average molecular weight is 609 g/mol. The Kier molecular flexibility index (Phi) is 6.99. The summed E-state index contributed by atoms with van der Waals surface area (Å²) in [6, 6.07) is 12.9. The highest BCUT2D eigenvalue weighted by Crippen LogP contribution is 2.53. The first-order valence-electron chi connectivity index (χ1n) is 14.4. The molecule has 5 nitrogen and oxygen atoms in total. The highest BCUT2D eigenvalue weighted by atomic mass is 35.5. The number of nitrogens with two attached hydrogens (primary N) is 1. The molecule has 41 heavy (non-hydrogen) atoms. The number of hydrogen-bond acceptors (Lipinski definition) is 5. The number of pyridine rings is 1. The number of thioether (sulfide) groups is 1. The zero-order valence-corrected chi connectivity index (χ0v) is 25.4. The molecule has 0 bridgehead atoms. The van der Waals surface area contributed by atoms with Gasteiger partial charge >= 0.3 is 0 Å². The van der Waals surface area contributed by atoms with Crippen molar-refractivity contribution in [3.63, 3.8) is 0 Å². The van der Waals surface area contributed by atoms with Gasteiger partial charge in [-0.25, -0.2) is 9.37 Å². The number of aryl methyl sites for hydroxylation is 1. The lowest BCUT2D eigenvalue weighted by Crippen LogP contribution is -2.42. The fraction of sp³-hybridized carbons (Fsp3) is 0.438. The summed E-state index contributed by atoms with van der Waals surface area (Å²) in [5.41, 5.74) is 10.5. The van der Waals surface area contributed by atoms with Crippen LogP contribution in [-0.2, 0) is 6.42 Å². The van der Waals surface area contributed by atoms with Crippen LogP contribution >= 0.6 is 35.0 Å². The third-order valence-electron chi connectivity index (χ3n) is 9.58. The summed E-state index contributed by atoms with van der Waals surface area (Å²) in [7, 11) is 0. The van der Waals surface area contributed by atoms with E-state index in [-0.39, 0.29) is 18.5 Å². The molecule has 4 aromatic rings. The van der Waals surface area contributed by atoms with E-state index in [1.54, 1.807) is 18.2 Å². The second kappa shape index (κ2) is 10.4. The molecule has 0 unspecified atom stereocenters. The van der Waals surface area contributed by atoms with Crippen molar-refractivity contribution >= 4 is 56.8 Å².